The first kappa shape index (κ1) is 13.8. The van der Waals surface area contributed by atoms with Crippen LogP contribution < -0.4 is 10.2 Å². The monoisotopic (exact) mass is 333 g/mol. The van der Waals surface area contributed by atoms with Crippen molar-refractivity contribution in [2.75, 3.05) is 50.0 Å². The number of nitrogens with one attached hydrogen (secondary N) is 1. The number of halogens is 2. The van der Waals surface area contributed by atoms with Crippen LogP contribution in [0.15, 0.2) is 4.47 Å². The maximum absolute atomic E-state index is 6.13. The number of nitrogens with zero attached hydrogens (tertiary/aromatic N) is 4. The molecule has 7 heteroatoms. The molecule has 0 unspecified atom stereocenters. The molecule has 0 amide bonds. The number of likely N-dealkylation sites (N-methyl/N-ethyl adjacent to an activating group) is 1. The van der Waals surface area contributed by atoms with Crippen LogP contribution in [0, 0.1) is 0 Å². The van der Waals surface area contributed by atoms with E-state index in [1.807, 2.05) is 6.92 Å². The van der Waals surface area contributed by atoms with Gasteiger partial charge in [-0.05, 0) is 29.9 Å². The molecule has 1 aromatic rings. The molecule has 1 fully saturated rings. The molecule has 0 aromatic carbocycles. The molecule has 18 heavy (non-hydrogen) atoms. The van der Waals surface area contributed by atoms with Crippen molar-refractivity contribution >= 4 is 39.3 Å². The lowest BCUT2D eigenvalue weighted by atomic mass is 10.3. The maximum Gasteiger partial charge on any atom is 0.226 e. The Balaban J connectivity index is 2.25. The Morgan fingerprint density at radius 3 is 2.56 bits per heavy atom. The van der Waals surface area contributed by atoms with E-state index in [1.54, 1.807) is 0 Å². The molecule has 0 bridgehead atoms. The SMILES string of the molecule is CCNc1nc(Cl)c(Br)c(N2CCN(C)CC2)n1. The zero-order chi connectivity index (χ0) is 13.1. The Morgan fingerprint density at radius 1 is 1.28 bits per heavy atom. The molecule has 1 aliphatic rings. The van der Waals surface area contributed by atoms with Gasteiger partial charge in [-0.1, -0.05) is 11.6 Å². The van der Waals surface area contributed by atoms with Crippen molar-refractivity contribution in [3.8, 4) is 0 Å². The predicted molar refractivity (Wildman–Crippen MR) is 78.6 cm³/mol. The molecular weight excluding hydrogens is 318 g/mol. The average molecular weight is 335 g/mol. The summed E-state index contributed by atoms with van der Waals surface area (Å²) in [6.07, 6.45) is 0. The number of hydrogen-bond donors (Lipinski definition) is 1. The van der Waals surface area contributed by atoms with Gasteiger partial charge in [0, 0.05) is 32.7 Å². The highest BCUT2D eigenvalue weighted by Crippen LogP contribution is 2.31. The van der Waals surface area contributed by atoms with E-state index in [2.05, 4.69) is 48.1 Å². The van der Waals surface area contributed by atoms with E-state index < -0.39 is 0 Å². The lowest BCUT2D eigenvalue weighted by molar-refractivity contribution is 0.312. The fourth-order valence-electron chi connectivity index (χ4n) is 1.87. The minimum absolute atomic E-state index is 0.454. The maximum atomic E-state index is 6.13. The molecule has 0 radical (unpaired) electrons. The van der Waals surface area contributed by atoms with E-state index in [0.29, 0.717) is 11.1 Å². The Hall–Kier alpha value is -0.590. The molecule has 0 atom stereocenters. The number of rotatable bonds is 3. The number of piperazine rings is 1. The van der Waals surface area contributed by atoms with Crippen molar-refractivity contribution < 1.29 is 0 Å². The summed E-state index contributed by atoms with van der Waals surface area (Å²) in [7, 11) is 2.13. The zero-order valence-corrected chi connectivity index (χ0v) is 12.9. The summed E-state index contributed by atoms with van der Waals surface area (Å²) in [4.78, 5) is 13.3. The molecule has 5 nitrogen and oxygen atoms in total. The number of anilines is 2. The standard InChI is InChI=1S/C11H17BrClN5/c1-3-14-11-15-9(13)8(12)10(16-11)18-6-4-17(2)5-7-18/h3-7H2,1-2H3,(H,14,15,16). The van der Waals surface area contributed by atoms with E-state index in [-0.39, 0.29) is 0 Å². The van der Waals surface area contributed by atoms with Crippen LogP contribution >= 0.6 is 27.5 Å². The number of aromatic nitrogens is 2. The van der Waals surface area contributed by atoms with Gasteiger partial charge in [0.15, 0.2) is 5.15 Å². The highest BCUT2D eigenvalue weighted by Gasteiger charge is 2.20. The lowest BCUT2D eigenvalue weighted by Gasteiger charge is -2.33. The Kier molecular flexibility index (Phi) is 4.64. The fraction of sp³-hybridized carbons (Fsp3) is 0.636. The molecular formula is C11H17BrClN5. The molecule has 1 saturated heterocycles. The lowest BCUT2D eigenvalue weighted by Crippen LogP contribution is -2.45. The van der Waals surface area contributed by atoms with Crippen LogP contribution in [0.5, 0.6) is 0 Å². The van der Waals surface area contributed by atoms with Gasteiger partial charge in [-0.25, -0.2) is 0 Å². The van der Waals surface area contributed by atoms with E-state index in [9.17, 15) is 0 Å². The first-order chi connectivity index (χ1) is 8.61. The second-order valence-electron chi connectivity index (χ2n) is 4.30. The number of hydrogen-bond acceptors (Lipinski definition) is 5. The van der Waals surface area contributed by atoms with Gasteiger partial charge in [-0.3, -0.25) is 0 Å². The molecule has 0 spiro atoms. The smallest absolute Gasteiger partial charge is 0.226 e. The van der Waals surface area contributed by atoms with Crippen molar-refractivity contribution in [2.45, 2.75) is 6.92 Å². The van der Waals surface area contributed by atoms with E-state index in [1.165, 1.54) is 0 Å². The molecule has 2 heterocycles. The predicted octanol–water partition coefficient (Wildman–Crippen LogP) is 2.08. The van der Waals surface area contributed by atoms with E-state index >= 15 is 0 Å². The quantitative estimate of drug-likeness (QED) is 0.857. The highest BCUT2D eigenvalue weighted by molar-refractivity contribution is 9.10. The molecule has 2 rings (SSSR count). The van der Waals surface area contributed by atoms with Gasteiger partial charge in [0.25, 0.3) is 0 Å². The van der Waals surface area contributed by atoms with Crippen molar-refractivity contribution in [2.24, 2.45) is 0 Å². The van der Waals surface area contributed by atoms with E-state index in [4.69, 9.17) is 11.6 Å². The van der Waals surface area contributed by atoms with Crippen LogP contribution in [-0.4, -0.2) is 54.6 Å². The molecule has 1 N–H and O–H groups in total. The molecule has 0 aliphatic carbocycles. The third kappa shape index (κ3) is 3.05. The Bertz CT molecular complexity index is 420. The second kappa shape index (κ2) is 6.04. The highest BCUT2D eigenvalue weighted by atomic mass is 79.9. The second-order valence-corrected chi connectivity index (χ2v) is 5.45. The van der Waals surface area contributed by atoms with Gasteiger partial charge in [-0.2, -0.15) is 9.97 Å². The summed E-state index contributed by atoms with van der Waals surface area (Å²) in [5, 5.41) is 3.55. The summed E-state index contributed by atoms with van der Waals surface area (Å²) >= 11 is 9.60. The molecule has 1 aliphatic heterocycles. The van der Waals surface area contributed by atoms with Gasteiger partial charge in [0.1, 0.15) is 5.82 Å². The average Bonchev–Trinajstić information content (AvgIpc) is 2.35. The minimum atomic E-state index is 0.454. The third-order valence-corrected chi connectivity index (χ3v) is 4.16. The summed E-state index contributed by atoms with van der Waals surface area (Å²) in [6, 6.07) is 0. The third-order valence-electron chi connectivity index (χ3n) is 2.93. The molecule has 1 aromatic heterocycles. The largest absolute Gasteiger partial charge is 0.354 e. The van der Waals surface area contributed by atoms with Crippen LogP contribution in [0.2, 0.25) is 5.15 Å². The van der Waals surface area contributed by atoms with Gasteiger partial charge in [0.05, 0.1) is 4.47 Å². The minimum Gasteiger partial charge on any atom is -0.354 e. The summed E-state index contributed by atoms with van der Waals surface area (Å²) in [6.45, 7) is 6.76. The fourth-order valence-corrected chi connectivity index (χ4v) is 2.47. The van der Waals surface area contributed by atoms with Gasteiger partial charge < -0.3 is 15.1 Å². The first-order valence-electron chi connectivity index (χ1n) is 6.02. The summed E-state index contributed by atoms with van der Waals surface area (Å²) in [5.74, 6) is 1.46. The normalized spacial score (nSPS) is 17.0. The van der Waals surface area contributed by atoms with Crippen LogP contribution in [0.4, 0.5) is 11.8 Å². The van der Waals surface area contributed by atoms with Gasteiger partial charge in [-0.15, -0.1) is 0 Å². The van der Waals surface area contributed by atoms with Crippen molar-refractivity contribution in [3.05, 3.63) is 9.63 Å². The van der Waals surface area contributed by atoms with Crippen molar-refractivity contribution in [3.63, 3.8) is 0 Å². The van der Waals surface area contributed by atoms with Crippen LogP contribution in [0.25, 0.3) is 0 Å². The van der Waals surface area contributed by atoms with Crippen LogP contribution in [-0.2, 0) is 0 Å². The topological polar surface area (TPSA) is 44.3 Å². The van der Waals surface area contributed by atoms with Crippen molar-refractivity contribution in [1.82, 2.24) is 14.9 Å². The van der Waals surface area contributed by atoms with Crippen molar-refractivity contribution in [1.29, 1.82) is 0 Å². The molecule has 100 valence electrons. The van der Waals surface area contributed by atoms with Gasteiger partial charge in [0.2, 0.25) is 5.95 Å². The Morgan fingerprint density at radius 2 is 1.94 bits per heavy atom. The zero-order valence-electron chi connectivity index (χ0n) is 10.6. The first-order valence-corrected chi connectivity index (χ1v) is 7.19. The Labute approximate surface area is 121 Å². The summed E-state index contributed by atoms with van der Waals surface area (Å²) < 4.78 is 0.773. The summed E-state index contributed by atoms with van der Waals surface area (Å²) in [5.41, 5.74) is 0. The molecule has 0 saturated carbocycles. The van der Waals surface area contributed by atoms with Crippen LogP contribution in [0.1, 0.15) is 6.92 Å². The van der Waals surface area contributed by atoms with Gasteiger partial charge >= 0.3 is 0 Å². The van der Waals surface area contributed by atoms with Crippen LogP contribution in [0.3, 0.4) is 0 Å². The van der Waals surface area contributed by atoms with E-state index in [0.717, 1.165) is 43.0 Å².